The highest BCUT2D eigenvalue weighted by Crippen LogP contribution is 2.24. The highest BCUT2D eigenvalue weighted by Gasteiger charge is 2.26. The average Bonchev–Trinajstić information content (AvgIpc) is 2.83. The zero-order chi connectivity index (χ0) is 20.8. The maximum atomic E-state index is 12.8. The number of ether oxygens (including phenoxy) is 1. The van der Waals surface area contributed by atoms with Crippen molar-refractivity contribution in [2.75, 3.05) is 25.1 Å². The Morgan fingerprint density at radius 2 is 1.93 bits per heavy atom. The number of hydrogen-bond donors (Lipinski definition) is 1. The van der Waals surface area contributed by atoms with Crippen LogP contribution in [0.1, 0.15) is 18.4 Å². The molecule has 1 N–H and O–H groups in total. The van der Waals surface area contributed by atoms with Crippen molar-refractivity contribution in [2.45, 2.75) is 19.4 Å². The van der Waals surface area contributed by atoms with Gasteiger partial charge in [-0.25, -0.2) is 9.97 Å². The third-order valence-electron chi connectivity index (χ3n) is 5.41. The Hall–Kier alpha value is -3.41. The lowest BCUT2D eigenvalue weighted by molar-refractivity contribution is -0.125. The number of aromatic nitrogens is 2. The summed E-state index contributed by atoms with van der Waals surface area (Å²) in [5.41, 5.74) is 2.05. The Morgan fingerprint density at radius 1 is 1.13 bits per heavy atom. The van der Waals surface area contributed by atoms with Crippen molar-refractivity contribution in [3.05, 3.63) is 72.4 Å². The second-order valence-corrected chi connectivity index (χ2v) is 7.46. The van der Waals surface area contributed by atoms with Gasteiger partial charge in [0, 0.05) is 31.4 Å². The summed E-state index contributed by atoms with van der Waals surface area (Å²) in [6.07, 6.45) is 3.64. The quantitative estimate of drug-likeness (QED) is 0.681. The first kappa shape index (κ1) is 19.9. The average molecular weight is 402 g/mol. The molecule has 6 heteroatoms. The van der Waals surface area contributed by atoms with E-state index in [2.05, 4.69) is 15.2 Å². The Labute approximate surface area is 176 Å². The van der Waals surface area contributed by atoms with E-state index in [1.165, 1.54) is 0 Å². The molecule has 0 bridgehead atoms. The number of piperidine rings is 1. The maximum Gasteiger partial charge on any atom is 0.225 e. The molecule has 0 spiro atoms. The van der Waals surface area contributed by atoms with E-state index >= 15 is 0 Å². The molecule has 1 aliphatic heterocycles. The Morgan fingerprint density at radius 3 is 2.70 bits per heavy atom. The number of hydrogen-bond acceptors (Lipinski definition) is 5. The van der Waals surface area contributed by atoms with E-state index in [-0.39, 0.29) is 11.8 Å². The van der Waals surface area contributed by atoms with Crippen molar-refractivity contribution in [1.29, 1.82) is 0 Å². The van der Waals surface area contributed by atoms with Crippen molar-refractivity contribution < 1.29 is 9.53 Å². The monoisotopic (exact) mass is 402 g/mol. The molecule has 1 amide bonds. The number of methoxy groups -OCH3 is 1. The van der Waals surface area contributed by atoms with Crippen LogP contribution in [0.25, 0.3) is 11.4 Å². The first-order chi connectivity index (χ1) is 14.7. The fourth-order valence-electron chi connectivity index (χ4n) is 3.73. The van der Waals surface area contributed by atoms with Gasteiger partial charge >= 0.3 is 0 Å². The summed E-state index contributed by atoms with van der Waals surface area (Å²) in [5.74, 6) is 2.43. The molecule has 2 heterocycles. The van der Waals surface area contributed by atoms with E-state index in [9.17, 15) is 4.79 Å². The molecule has 1 aromatic heterocycles. The fourth-order valence-corrected chi connectivity index (χ4v) is 3.73. The smallest absolute Gasteiger partial charge is 0.225 e. The fraction of sp³-hybridized carbons (Fsp3) is 0.292. The minimum absolute atomic E-state index is 0.0489. The van der Waals surface area contributed by atoms with Gasteiger partial charge in [0.2, 0.25) is 5.91 Å². The van der Waals surface area contributed by atoms with Crippen LogP contribution in [0.2, 0.25) is 0 Å². The number of nitrogens with zero attached hydrogens (tertiary/aromatic N) is 3. The van der Waals surface area contributed by atoms with Gasteiger partial charge in [0.25, 0.3) is 0 Å². The summed E-state index contributed by atoms with van der Waals surface area (Å²) in [7, 11) is 1.64. The molecular weight excluding hydrogens is 376 g/mol. The van der Waals surface area contributed by atoms with E-state index in [1.54, 1.807) is 13.3 Å². The maximum absolute atomic E-state index is 12.8. The number of amides is 1. The van der Waals surface area contributed by atoms with Gasteiger partial charge in [-0.2, -0.15) is 0 Å². The summed E-state index contributed by atoms with van der Waals surface area (Å²) < 4.78 is 5.18. The van der Waals surface area contributed by atoms with Gasteiger partial charge < -0.3 is 15.0 Å². The molecule has 6 nitrogen and oxygen atoms in total. The highest BCUT2D eigenvalue weighted by atomic mass is 16.5. The first-order valence-corrected chi connectivity index (χ1v) is 10.3. The van der Waals surface area contributed by atoms with Crippen molar-refractivity contribution in [2.24, 2.45) is 5.92 Å². The SMILES string of the molecule is COc1ccc(CNC(=O)[C@@H]2CCCN(c3ccnc(-c4ccccc4)n3)C2)cc1. The number of carbonyl (C=O) groups is 1. The summed E-state index contributed by atoms with van der Waals surface area (Å²) in [5, 5.41) is 3.08. The largest absolute Gasteiger partial charge is 0.497 e. The van der Waals surface area contributed by atoms with Crippen molar-refractivity contribution in [1.82, 2.24) is 15.3 Å². The standard InChI is InChI=1S/C24H26N4O2/c1-30-21-11-9-18(10-12-21)16-26-24(29)20-8-5-15-28(17-20)22-13-14-25-23(27-22)19-6-3-2-4-7-19/h2-4,6-7,9-14,20H,5,8,15-17H2,1H3,(H,26,29)/t20-/m1/s1. The normalized spacial score (nSPS) is 16.2. The molecule has 2 aromatic carbocycles. The number of carbonyl (C=O) groups excluding carboxylic acids is 1. The summed E-state index contributed by atoms with van der Waals surface area (Å²) in [4.78, 5) is 24.1. The molecule has 154 valence electrons. The molecule has 4 rings (SSSR count). The Balaban J connectivity index is 1.38. The van der Waals surface area contributed by atoms with Gasteiger partial charge in [0.1, 0.15) is 11.6 Å². The topological polar surface area (TPSA) is 67.3 Å². The summed E-state index contributed by atoms with van der Waals surface area (Å²) >= 11 is 0. The first-order valence-electron chi connectivity index (χ1n) is 10.3. The third kappa shape index (κ3) is 4.76. The summed E-state index contributed by atoms with van der Waals surface area (Å²) in [6.45, 7) is 2.08. The third-order valence-corrected chi connectivity index (χ3v) is 5.41. The van der Waals surface area contributed by atoms with E-state index in [4.69, 9.17) is 9.72 Å². The van der Waals surface area contributed by atoms with Crippen LogP contribution < -0.4 is 15.0 Å². The molecule has 1 fully saturated rings. The zero-order valence-corrected chi connectivity index (χ0v) is 17.1. The predicted octanol–water partition coefficient (Wildman–Crippen LogP) is 3.69. The minimum atomic E-state index is -0.0489. The van der Waals surface area contributed by atoms with Crippen LogP contribution in [0.3, 0.4) is 0 Å². The number of rotatable bonds is 6. The molecule has 0 unspecified atom stereocenters. The van der Waals surface area contributed by atoms with Crippen LogP contribution in [0.4, 0.5) is 5.82 Å². The van der Waals surface area contributed by atoms with Crippen LogP contribution in [0, 0.1) is 5.92 Å². The van der Waals surface area contributed by atoms with Crippen LogP contribution in [0.5, 0.6) is 5.75 Å². The van der Waals surface area contributed by atoms with Gasteiger partial charge in [-0.05, 0) is 36.6 Å². The lowest BCUT2D eigenvalue weighted by Gasteiger charge is -2.33. The zero-order valence-electron chi connectivity index (χ0n) is 17.1. The molecule has 1 saturated heterocycles. The highest BCUT2D eigenvalue weighted by molar-refractivity contribution is 5.79. The van der Waals surface area contributed by atoms with Crippen LogP contribution in [-0.4, -0.2) is 36.1 Å². The van der Waals surface area contributed by atoms with Gasteiger partial charge in [-0.3, -0.25) is 4.79 Å². The van der Waals surface area contributed by atoms with Crippen molar-refractivity contribution >= 4 is 11.7 Å². The number of nitrogens with one attached hydrogen (secondary N) is 1. The second-order valence-electron chi connectivity index (χ2n) is 7.46. The van der Waals surface area contributed by atoms with E-state index in [0.717, 1.165) is 42.1 Å². The number of anilines is 1. The molecule has 0 saturated carbocycles. The van der Waals surface area contributed by atoms with Crippen molar-refractivity contribution in [3.63, 3.8) is 0 Å². The molecule has 0 radical (unpaired) electrons. The predicted molar refractivity (Wildman–Crippen MR) is 117 cm³/mol. The molecular formula is C24H26N4O2. The van der Waals surface area contributed by atoms with Gasteiger partial charge in [0.15, 0.2) is 5.82 Å². The molecule has 30 heavy (non-hydrogen) atoms. The van der Waals surface area contributed by atoms with Crippen molar-refractivity contribution in [3.8, 4) is 17.1 Å². The minimum Gasteiger partial charge on any atom is -0.497 e. The number of benzene rings is 2. The van der Waals surface area contributed by atoms with Gasteiger partial charge in [-0.15, -0.1) is 0 Å². The van der Waals surface area contributed by atoms with Crippen LogP contribution in [0.15, 0.2) is 66.9 Å². The van der Waals surface area contributed by atoms with Crippen LogP contribution in [-0.2, 0) is 11.3 Å². The molecule has 1 atom stereocenters. The lowest BCUT2D eigenvalue weighted by Crippen LogP contribution is -2.43. The second kappa shape index (κ2) is 9.39. The van der Waals surface area contributed by atoms with Crippen LogP contribution >= 0.6 is 0 Å². The molecule has 1 aliphatic rings. The molecule has 0 aliphatic carbocycles. The molecule has 3 aromatic rings. The van der Waals surface area contributed by atoms with E-state index < -0.39 is 0 Å². The van der Waals surface area contributed by atoms with Gasteiger partial charge in [0.05, 0.1) is 13.0 Å². The Kier molecular flexibility index (Phi) is 6.23. The summed E-state index contributed by atoms with van der Waals surface area (Å²) in [6, 6.07) is 19.6. The van der Waals surface area contributed by atoms with Gasteiger partial charge in [-0.1, -0.05) is 42.5 Å². The van der Waals surface area contributed by atoms with E-state index in [0.29, 0.717) is 18.9 Å². The van der Waals surface area contributed by atoms with E-state index in [1.807, 2.05) is 60.7 Å². The Bertz CT molecular complexity index is 976. The lowest BCUT2D eigenvalue weighted by atomic mass is 9.97.